The lowest BCUT2D eigenvalue weighted by Gasteiger charge is -2.32. The van der Waals surface area contributed by atoms with Crippen molar-refractivity contribution in [1.82, 2.24) is 4.90 Å². The van der Waals surface area contributed by atoms with Crippen LogP contribution in [-0.2, 0) is 0 Å². The minimum absolute atomic E-state index is 0.00984. The van der Waals surface area contributed by atoms with Crippen molar-refractivity contribution in [2.75, 3.05) is 36.5 Å². The van der Waals surface area contributed by atoms with Gasteiger partial charge in [0.2, 0.25) is 0 Å². The lowest BCUT2D eigenvalue weighted by atomic mass is 9.99. The summed E-state index contributed by atoms with van der Waals surface area (Å²) in [5.74, 6) is 0.805. The highest BCUT2D eigenvalue weighted by Gasteiger charge is 2.32. The lowest BCUT2D eigenvalue weighted by molar-refractivity contribution is 0.185. The fourth-order valence-electron chi connectivity index (χ4n) is 3.19. The van der Waals surface area contributed by atoms with Gasteiger partial charge in [-0.3, -0.25) is 0 Å². The second-order valence-corrected chi connectivity index (χ2v) is 6.80. The maximum absolute atomic E-state index is 12.4. The molecular weight excluding hydrogens is 290 g/mol. The van der Waals surface area contributed by atoms with Crippen LogP contribution in [0, 0.1) is 5.92 Å². The molecule has 0 aromatic heterocycles. The molecule has 2 fully saturated rings. The van der Waals surface area contributed by atoms with Crippen LogP contribution >= 0.6 is 0 Å². The topological polar surface area (TPSA) is 55.8 Å². The molecule has 0 bridgehead atoms. The van der Waals surface area contributed by atoms with Crippen LogP contribution in [0.3, 0.4) is 0 Å². The summed E-state index contributed by atoms with van der Waals surface area (Å²) in [4.78, 5) is 16.5. The first-order valence-corrected chi connectivity index (χ1v) is 8.71. The molecule has 1 aliphatic carbocycles. The van der Waals surface area contributed by atoms with E-state index in [-0.39, 0.29) is 12.6 Å². The van der Waals surface area contributed by atoms with Gasteiger partial charge in [0.25, 0.3) is 0 Å². The van der Waals surface area contributed by atoms with E-state index in [1.54, 1.807) is 4.90 Å². The van der Waals surface area contributed by atoms with Gasteiger partial charge in [0, 0.05) is 37.1 Å². The van der Waals surface area contributed by atoms with Gasteiger partial charge in [-0.1, -0.05) is 13.0 Å². The summed E-state index contributed by atoms with van der Waals surface area (Å²) >= 11 is 0. The number of amides is 2. The maximum Gasteiger partial charge on any atom is 0.322 e. The molecule has 1 aromatic rings. The van der Waals surface area contributed by atoms with Crippen molar-refractivity contribution in [2.24, 2.45) is 5.92 Å². The van der Waals surface area contributed by atoms with Crippen LogP contribution in [0.1, 0.15) is 32.6 Å². The number of benzene rings is 1. The van der Waals surface area contributed by atoms with Crippen LogP contribution in [0.15, 0.2) is 24.3 Å². The Hall–Kier alpha value is -1.75. The first-order chi connectivity index (χ1) is 11.2. The van der Waals surface area contributed by atoms with E-state index in [1.807, 2.05) is 12.1 Å². The van der Waals surface area contributed by atoms with E-state index in [2.05, 4.69) is 29.3 Å². The summed E-state index contributed by atoms with van der Waals surface area (Å²) in [6.07, 6.45) is 4.53. The van der Waals surface area contributed by atoms with Crippen molar-refractivity contribution in [1.29, 1.82) is 0 Å². The molecule has 2 aliphatic rings. The fourth-order valence-corrected chi connectivity index (χ4v) is 3.19. The number of nitrogens with one attached hydrogen (secondary N) is 1. The smallest absolute Gasteiger partial charge is 0.322 e. The number of urea groups is 1. The van der Waals surface area contributed by atoms with Gasteiger partial charge in [-0.15, -0.1) is 0 Å². The van der Waals surface area contributed by atoms with E-state index in [4.69, 9.17) is 5.11 Å². The van der Waals surface area contributed by atoms with E-state index in [0.29, 0.717) is 12.6 Å². The molecule has 5 nitrogen and oxygen atoms in total. The second kappa shape index (κ2) is 7.21. The van der Waals surface area contributed by atoms with E-state index < -0.39 is 0 Å². The van der Waals surface area contributed by atoms with Crippen molar-refractivity contribution in [2.45, 2.75) is 38.6 Å². The van der Waals surface area contributed by atoms with Crippen molar-refractivity contribution < 1.29 is 9.90 Å². The van der Waals surface area contributed by atoms with Gasteiger partial charge < -0.3 is 20.2 Å². The van der Waals surface area contributed by atoms with Crippen LogP contribution in [0.2, 0.25) is 0 Å². The molecule has 0 radical (unpaired) electrons. The van der Waals surface area contributed by atoms with Crippen LogP contribution in [-0.4, -0.2) is 48.3 Å². The van der Waals surface area contributed by atoms with Crippen LogP contribution in [0.25, 0.3) is 0 Å². The Morgan fingerprint density at radius 1 is 1.30 bits per heavy atom. The molecule has 1 saturated carbocycles. The largest absolute Gasteiger partial charge is 0.395 e. The summed E-state index contributed by atoms with van der Waals surface area (Å²) < 4.78 is 0. The zero-order chi connectivity index (χ0) is 16.2. The third kappa shape index (κ3) is 4.16. The molecule has 126 valence electrons. The number of anilines is 2. The molecule has 5 heteroatoms. The highest BCUT2D eigenvalue weighted by atomic mass is 16.3. The average Bonchev–Trinajstić information content (AvgIpc) is 3.38. The Morgan fingerprint density at radius 3 is 2.70 bits per heavy atom. The Morgan fingerprint density at radius 2 is 2.04 bits per heavy atom. The second-order valence-electron chi connectivity index (χ2n) is 6.80. The van der Waals surface area contributed by atoms with Crippen LogP contribution in [0.4, 0.5) is 16.2 Å². The third-order valence-electron chi connectivity index (χ3n) is 4.84. The zero-order valence-corrected chi connectivity index (χ0v) is 13.9. The highest BCUT2D eigenvalue weighted by molar-refractivity contribution is 5.90. The summed E-state index contributed by atoms with van der Waals surface area (Å²) in [5, 5.41) is 12.1. The standard InChI is InChI=1S/C18H27N3O2/c1-14-7-9-20(10-8-14)17-4-2-3-15(13-17)19-18(23)21(11-12-22)16-5-6-16/h2-4,13-14,16,22H,5-12H2,1H3,(H,19,23). The predicted octanol–water partition coefficient (Wildman–Crippen LogP) is 2.91. The Balaban J connectivity index is 1.63. The number of carbonyl (C=O) groups is 1. The van der Waals surface area contributed by atoms with E-state index >= 15 is 0 Å². The van der Waals surface area contributed by atoms with Gasteiger partial charge in [-0.25, -0.2) is 4.79 Å². The molecule has 1 heterocycles. The van der Waals surface area contributed by atoms with Gasteiger partial charge in [0.1, 0.15) is 0 Å². The van der Waals surface area contributed by atoms with E-state index in [1.165, 1.54) is 18.5 Å². The molecule has 23 heavy (non-hydrogen) atoms. The van der Waals surface area contributed by atoms with Gasteiger partial charge in [-0.2, -0.15) is 0 Å². The molecule has 2 N–H and O–H groups in total. The number of hydrogen-bond donors (Lipinski definition) is 2. The summed E-state index contributed by atoms with van der Waals surface area (Å²) in [6, 6.07) is 8.28. The number of hydrogen-bond acceptors (Lipinski definition) is 3. The molecule has 1 aromatic carbocycles. The SMILES string of the molecule is CC1CCN(c2cccc(NC(=O)N(CCO)C3CC3)c2)CC1. The quantitative estimate of drug-likeness (QED) is 0.878. The van der Waals surface area contributed by atoms with Crippen molar-refractivity contribution in [3.8, 4) is 0 Å². The van der Waals surface area contributed by atoms with Gasteiger partial charge >= 0.3 is 6.03 Å². The Labute approximate surface area is 138 Å². The summed E-state index contributed by atoms with van der Waals surface area (Å²) in [7, 11) is 0. The zero-order valence-electron chi connectivity index (χ0n) is 13.9. The highest BCUT2D eigenvalue weighted by Crippen LogP contribution is 2.28. The molecule has 1 aliphatic heterocycles. The van der Waals surface area contributed by atoms with Gasteiger partial charge in [0.15, 0.2) is 0 Å². The number of aliphatic hydroxyl groups is 1. The molecule has 3 rings (SSSR count). The van der Waals surface area contributed by atoms with Crippen molar-refractivity contribution in [3.63, 3.8) is 0 Å². The van der Waals surface area contributed by atoms with Crippen molar-refractivity contribution in [3.05, 3.63) is 24.3 Å². The number of rotatable bonds is 5. The number of aliphatic hydroxyl groups excluding tert-OH is 1. The van der Waals surface area contributed by atoms with Crippen LogP contribution in [0.5, 0.6) is 0 Å². The molecule has 0 unspecified atom stereocenters. The third-order valence-corrected chi connectivity index (χ3v) is 4.84. The number of carbonyl (C=O) groups excluding carboxylic acids is 1. The average molecular weight is 317 g/mol. The summed E-state index contributed by atoms with van der Waals surface area (Å²) in [6.45, 7) is 4.88. The normalized spacial score (nSPS) is 18.8. The monoisotopic (exact) mass is 317 g/mol. The number of piperidine rings is 1. The maximum atomic E-state index is 12.4. The van der Waals surface area contributed by atoms with Crippen LogP contribution < -0.4 is 10.2 Å². The van der Waals surface area contributed by atoms with Gasteiger partial charge in [-0.05, 0) is 49.8 Å². The Kier molecular flexibility index (Phi) is 5.06. The number of nitrogens with zero attached hydrogens (tertiary/aromatic N) is 2. The van der Waals surface area contributed by atoms with Gasteiger partial charge in [0.05, 0.1) is 6.61 Å². The fraction of sp³-hybridized carbons (Fsp3) is 0.611. The lowest BCUT2D eigenvalue weighted by Crippen LogP contribution is -2.38. The Bertz CT molecular complexity index is 537. The molecule has 1 saturated heterocycles. The van der Waals surface area contributed by atoms with Crippen molar-refractivity contribution >= 4 is 17.4 Å². The predicted molar refractivity (Wildman–Crippen MR) is 92.9 cm³/mol. The molecule has 0 spiro atoms. The molecular formula is C18H27N3O2. The summed E-state index contributed by atoms with van der Waals surface area (Å²) in [5.41, 5.74) is 2.00. The molecule has 2 amide bonds. The first kappa shape index (κ1) is 16.1. The van der Waals surface area contributed by atoms with E-state index in [0.717, 1.165) is 37.5 Å². The minimum Gasteiger partial charge on any atom is -0.395 e. The minimum atomic E-state index is -0.106. The molecule has 0 atom stereocenters. The first-order valence-electron chi connectivity index (χ1n) is 8.71. The van der Waals surface area contributed by atoms with E-state index in [9.17, 15) is 4.79 Å².